The van der Waals surface area contributed by atoms with Crippen LogP contribution in [0.2, 0.25) is 10.0 Å². The molecule has 0 atom stereocenters. The van der Waals surface area contributed by atoms with Gasteiger partial charge in [0.15, 0.2) is 0 Å². The average Bonchev–Trinajstić information content (AvgIpc) is 2.49. The molecule has 2 aromatic rings. The van der Waals surface area contributed by atoms with Crippen LogP contribution >= 0.6 is 23.2 Å². The molecule has 122 valence electrons. The number of aryl methyl sites for hydroxylation is 2. The molecule has 0 unspecified atom stereocenters. The number of rotatable bonds is 5. The Hall–Kier alpha value is -1.91. The number of halogens is 2. The van der Waals surface area contributed by atoms with E-state index in [2.05, 4.69) is 10.6 Å². The third kappa shape index (κ3) is 4.53. The topological polar surface area (TPSA) is 50.4 Å². The van der Waals surface area contributed by atoms with Gasteiger partial charge in [0.05, 0.1) is 29.4 Å². The molecule has 0 aliphatic carbocycles. The highest BCUT2D eigenvalue weighted by atomic mass is 35.5. The highest BCUT2D eigenvalue weighted by molar-refractivity contribution is 6.34. The van der Waals surface area contributed by atoms with Crippen LogP contribution < -0.4 is 15.4 Å². The molecule has 2 aromatic carbocycles. The summed E-state index contributed by atoms with van der Waals surface area (Å²) >= 11 is 12.2. The number of anilines is 2. The van der Waals surface area contributed by atoms with Crippen molar-refractivity contribution in [3.8, 4) is 5.75 Å². The number of nitrogens with one attached hydrogen (secondary N) is 2. The molecule has 1 amide bonds. The smallest absolute Gasteiger partial charge is 0.243 e. The quantitative estimate of drug-likeness (QED) is 0.821. The van der Waals surface area contributed by atoms with Crippen LogP contribution in [0.25, 0.3) is 0 Å². The predicted octanol–water partition coefficient (Wildman–Crippen LogP) is 4.67. The van der Waals surface area contributed by atoms with E-state index in [1.54, 1.807) is 25.3 Å². The molecule has 0 aliphatic rings. The standard InChI is InChI=1S/C17H18Cl2N2O2/c1-10-6-11(2)17(14(19)7-10)21-16(22)9-20-12-4-5-15(23-3)13(18)8-12/h4-8,20H,9H2,1-3H3,(H,21,22). The minimum Gasteiger partial charge on any atom is -0.495 e. The summed E-state index contributed by atoms with van der Waals surface area (Å²) in [5, 5.41) is 6.85. The molecule has 0 spiro atoms. The van der Waals surface area contributed by atoms with Crippen molar-refractivity contribution in [2.75, 3.05) is 24.3 Å². The molecule has 0 saturated carbocycles. The van der Waals surface area contributed by atoms with Gasteiger partial charge >= 0.3 is 0 Å². The molecule has 0 radical (unpaired) electrons. The Morgan fingerprint density at radius 1 is 1.13 bits per heavy atom. The normalized spacial score (nSPS) is 10.3. The van der Waals surface area contributed by atoms with Gasteiger partial charge in [-0.15, -0.1) is 0 Å². The van der Waals surface area contributed by atoms with Crippen LogP contribution in [0, 0.1) is 13.8 Å². The zero-order valence-electron chi connectivity index (χ0n) is 13.2. The molecule has 0 aliphatic heterocycles. The van der Waals surface area contributed by atoms with E-state index in [1.165, 1.54) is 0 Å². The number of methoxy groups -OCH3 is 1. The number of hydrogen-bond acceptors (Lipinski definition) is 3. The van der Waals surface area contributed by atoms with Crippen molar-refractivity contribution in [1.29, 1.82) is 0 Å². The minimum absolute atomic E-state index is 0.103. The van der Waals surface area contributed by atoms with E-state index in [0.29, 0.717) is 21.5 Å². The summed E-state index contributed by atoms with van der Waals surface area (Å²) in [7, 11) is 1.55. The lowest BCUT2D eigenvalue weighted by atomic mass is 10.1. The molecule has 0 fully saturated rings. The van der Waals surface area contributed by atoms with E-state index in [-0.39, 0.29) is 12.5 Å². The number of ether oxygens (including phenoxy) is 1. The van der Waals surface area contributed by atoms with Crippen molar-refractivity contribution >= 4 is 40.5 Å². The summed E-state index contributed by atoms with van der Waals surface area (Å²) in [4.78, 5) is 12.1. The summed E-state index contributed by atoms with van der Waals surface area (Å²) in [5.74, 6) is 0.398. The molecular formula is C17H18Cl2N2O2. The van der Waals surface area contributed by atoms with Crippen molar-refractivity contribution in [3.63, 3.8) is 0 Å². The second kappa shape index (κ2) is 7.57. The van der Waals surface area contributed by atoms with Crippen molar-refractivity contribution in [3.05, 3.63) is 51.5 Å². The highest BCUT2D eigenvalue weighted by Crippen LogP contribution is 2.28. The van der Waals surface area contributed by atoms with Crippen molar-refractivity contribution in [2.45, 2.75) is 13.8 Å². The molecule has 2 rings (SSSR count). The second-order valence-corrected chi connectivity index (χ2v) is 6.00. The Balaban J connectivity index is 1.99. The molecule has 0 saturated heterocycles. The molecular weight excluding hydrogens is 335 g/mol. The number of carbonyl (C=O) groups excluding carboxylic acids is 1. The first-order valence-electron chi connectivity index (χ1n) is 7.04. The van der Waals surface area contributed by atoms with E-state index in [1.807, 2.05) is 26.0 Å². The molecule has 23 heavy (non-hydrogen) atoms. The van der Waals surface area contributed by atoms with E-state index >= 15 is 0 Å². The summed E-state index contributed by atoms with van der Waals surface area (Å²) in [6.07, 6.45) is 0. The largest absolute Gasteiger partial charge is 0.495 e. The van der Waals surface area contributed by atoms with Gasteiger partial charge in [0.1, 0.15) is 5.75 Å². The summed E-state index contributed by atoms with van der Waals surface area (Å²) < 4.78 is 5.09. The zero-order chi connectivity index (χ0) is 17.0. The van der Waals surface area contributed by atoms with Crippen LogP contribution in [0.3, 0.4) is 0 Å². The molecule has 0 bridgehead atoms. The van der Waals surface area contributed by atoms with Crippen LogP contribution in [0.5, 0.6) is 5.75 Å². The van der Waals surface area contributed by atoms with Crippen molar-refractivity contribution in [1.82, 2.24) is 0 Å². The lowest BCUT2D eigenvalue weighted by molar-refractivity contribution is -0.114. The van der Waals surface area contributed by atoms with Crippen LogP contribution in [0.4, 0.5) is 11.4 Å². The van der Waals surface area contributed by atoms with Crippen molar-refractivity contribution in [2.24, 2.45) is 0 Å². The fourth-order valence-corrected chi connectivity index (χ4v) is 2.84. The van der Waals surface area contributed by atoms with Crippen LogP contribution in [-0.4, -0.2) is 19.6 Å². The van der Waals surface area contributed by atoms with Crippen LogP contribution in [-0.2, 0) is 4.79 Å². The third-order valence-corrected chi connectivity index (χ3v) is 3.89. The van der Waals surface area contributed by atoms with E-state index in [4.69, 9.17) is 27.9 Å². The number of hydrogen-bond donors (Lipinski definition) is 2. The Morgan fingerprint density at radius 3 is 2.48 bits per heavy atom. The zero-order valence-corrected chi connectivity index (χ0v) is 14.7. The van der Waals surface area contributed by atoms with Crippen LogP contribution in [0.1, 0.15) is 11.1 Å². The minimum atomic E-state index is -0.189. The molecule has 4 nitrogen and oxygen atoms in total. The summed E-state index contributed by atoms with van der Waals surface area (Å²) in [6, 6.07) is 9.03. The fraction of sp³-hybridized carbons (Fsp3) is 0.235. The van der Waals surface area contributed by atoms with Gasteiger partial charge in [-0.05, 0) is 49.2 Å². The van der Waals surface area contributed by atoms with E-state index in [9.17, 15) is 4.79 Å². The predicted molar refractivity (Wildman–Crippen MR) is 96.0 cm³/mol. The van der Waals surface area contributed by atoms with Gasteiger partial charge in [0.25, 0.3) is 0 Å². The SMILES string of the molecule is COc1ccc(NCC(=O)Nc2c(C)cc(C)cc2Cl)cc1Cl. The van der Waals surface area contributed by atoms with Gasteiger partial charge in [0, 0.05) is 5.69 Å². The summed E-state index contributed by atoms with van der Waals surface area (Å²) in [6.45, 7) is 3.97. The Labute approximate surface area is 145 Å². The van der Waals surface area contributed by atoms with Gasteiger partial charge in [-0.1, -0.05) is 29.3 Å². The average molecular weight is 353 g/mol. The molecule has 2 N–H and O–H groups in total. The van der Waals surface area contributed by atoms with Gasteiger partial charge in [-0.25, -0.2) is 0 Å². The highest BCUT2D eigenvalue weighted by Gasteiger charge is 2.10. The number of carbonyl (C=O) groups is 1. The molecule has 0 aromatic heterocycles. The monoisotopic (exact) mass is 352 g/mol. The van der Waals surface area contributed by atoms with E-state index in [0.717, 1.165) is 16.8 Å². The Bertz CT molecular complexity index is 710. The molecule has 6 heteroatoms. The maximum atomic E-state index is 12.1. The number of amides is 1. The number of benzene rings is 2. The Kier molecular flexibility index (Phi) is 5.74. The van der Waals surface area contributed by atoms with Crippen LogP contribution in [0.15, 0.2) is 30.3 Å². The third-order valence-electron chi connectivity index (χ3n) is 3.30. The molecule has 0 heterocycles. The first kappa shape index (κ1) is 17.4. The van der Waals surface area contributed by atoms with Gasteiger partial charge in [-0.3, -0.25) is 4.79 Å². The first-order chi connectivity index (χ1) is 10.9. The first-order valence-corrected chi connectivity index (χ1v) is 7.80. The lowest BCUT2D eigenvalue weighted by Crippen LogP contribution is -2.22. The fourth-order valence-electron chi connectivity index (χ4n) is 2.22. The Morgan fingerprint density at radius 2 is 1.87 bits per heavy atom. The van der Waals surface area contributed by atoms with Gasteiger partial charge in [-0.2, -0.15) is 0 Å². The van der Waals surface area contributed by atoms with Crippen molar-refractivity contribution < 1.29 is 9.53 Å². The lowest BCUT2D eigenvalue weighted by Gasteiger charge is -2.13. The maximum Gasteiger partial charge on any atom is 0.243 e. The van der Waals surface area contributed by atoms with Gasteiger partial charge < -0.3 is 15.4 Å². The summed E-state index contributed by atoms with van der Waals surface area (Å²) in [5.41, 5.74) is 3.35. The van der Waals surface area contributed by atoms with Gasteiger partial charge in [0.2, 0.25) is 5.91 Å². The maximum absolute atomic E-state index is 12.1. The second-order valence-electron chi connectivity index (χ2n) is 5.19. The van der Waals surface area contributed by atoms with E-state index < -0.39 is 0 Å².